The quantitative estimate of drug-likeness (QED) is 0.715. The molecule has 0 saturated carbocycles. The molecule has 3 aromatic rings. The van der Waals surface area contributed by atoms with Crippen molar-refractivity contribution < 1.29 is 9.53 Å². The summed E-state index contributed by atoms with van der Waals surface area (Å²) in [7, 11) is 1.68. The lowest BCUT2D eigenvalue weighted by atomic mass is 9.84. The molecule has 2 aromatic carbocycles. The minimum absolute atomic E-state index is 0.0721. The molecule has 5 heteroatoms. The molecule has 0 radical (unpaired) electrons. The van der Waals surface area contributed by atoms with Crippen molar-refractivity contribution in [3.63, 3.8) is 0 Å². The molecule has 4 nitrogen and oxygen atoms in total. The van der Waals surface area contributed by atoms with Crippen molar-refractivity contribution in [2.24, 2.45) is 5.92 Å². The third-order valence-electron chi connectivity index (χ3n) is 6.12. The Balaban J connectivity index is 1.38. The molecule has 1 aromatic heterocycles. The number of thiophene rings is 1. The number of fused-ring (bicyclic) bond motifs is 4. The van der Waals surface area contributed by atoms with E-state index in [0.717, 1.165) is 38.4 Å². The van der Waals surface area contributed by atoms with Crippen LogP contribution in [0.15, 0.2) is 48.5 Å². The van der Waals surface area contributed by atoms with Gasteiger partial charge >= 0.3 is 0 Å². The number of nitrogens with one attached hydrogen (secondary N) is 1. The van der Waals surface area contributed by atoms with Gasteiger partial charge < -0.3 is 15.0 Å². The SMILES string of the molecule is COc1cccc(-c2ccc3cc(C(=O)N[C@H]4CN5CCC4CC5)sc3c2)c1. The number of piperidine rings is 3. The van der Waals surface area contributed by atoms with E-state index in [1.165, 1.54) is 25.9 Å². The summed E-state index contributed by atoms with van der Waals surface area (Å²) in [4.78, 5) is 16.1. The summed E-state index contributed by atoms with van der Waals surface area (Å²) in [5.41, 5.74) is 2.26. The van der Waals surface area contributed by atoms with Crippen LogP contribution >= 0.6 is 11.3 Å². The van der Waals surface area contributed by atoms with E-state index in [0.29, 0.717) is 12.0 Å². The molecule has 28 heavy (non-hydrogen) atoms. The fraction of sp³-hybridized carbons (Fsp3) is 0.348. The zero-order valence-corrected chi connectivity index (χ0v) is 16.8. The minimum atomic E-state index is 0.0721. The van der Waals surface area contributed by atoms with Crippen LogP contribution in [-0.4, -0.2) is 43.6 Å². The summed E-state index contributed by atoms with van der Waals surface area (Å²) in [5, 5.41) is 4.42. The van der Waals surface area contributed by atoms with Crippen molar-refractivity contribution in [2.45, 2.75) is 18.9 Å². The molecule has 1 N–H and O–H groups in total. The van der Waals surface area contributed by atoms with Gasteiger partial charge in [-0.1, -0.05) is 24.3 Å². The lowest BCUT2D eigenvalue weighted by Crippen LogP contribution is -2.57. The van der Waals surface area contributed by atoms with Gasteiger partial charge in [-0.05, 0) is 72.6 Å². The zero-order valence-electron chi connectivity index (χ0n) is 16.0. The molecule has 144 valence electrons. The van der Waals surface area contributed by atoms with E-state index in [1.807, 2.05) is 24.3 Å². The van der Waals surface area contributed by atoms with Gasteiger partial charge in [0.2, 0.25) is 0 Å². The Morgan fingerprint density at radius 2 is 1.93 bits per heavy atom. The second-order valence-corrected chi connectivity index (χ2v) is 8.90. The van der Waals surface area contributed by atoms with Crippen LogP contribution in [0.5, 0.6) is 5.75 Å². The van der Waals surface area contributed by atoms with Gasteiger partial charge in [-0.2, -0.15) is 0 Å². The molecule has 4 heterocycles. The lowest BCUT2D eigenvalue weighted by molar-refractivity contribution is 0.0622. The van der Waals surface area contributed by atoms with Crippen LogP contribution in [0.25, 0.3) is 21.2 Å². The summed E-state index contributed by atoms with van der Waals surface area (Å²) in [6, 6.07) is 16.8. The predicted octanol–water partition coefficient (Wildman–Crippen LogP) is 4.40. The molecular weight excluding hydrogens is 368 g/mol. The fourth-order valence-corrected chi connectivity index (χ4v) is 5.50. The molecule has 0 aliphatic carbocycles. The maximum absolute atomic E-state index is 12.9. The second kappa shape index (κ2) is 7.22. The lowest BCUT2D eigenvalue weighted by Gasteiger charge is -2.44. The molecule has 1 amide bonds. The number of carbonyl (C=O) groups excluding carboxylic acids is 1. The van der Waals surface area contributed by atoms with Crippen LogP contribution in [0, 0.1) is 5.92 Å². The van der Waals surface area contributed by atoms with E-state index in [2.05, 4.69) is 34.5 Å². The van der Waals surface area contributed by atoms with E-state index in [-0.39, 0.29) is 5.91 Å². The van der Waals surface area contributed by atoms with Gasteiger partial charge in [-0.3, -0.25) is 4.79 Å². The molecule has 3 fully saturated rings. The Morgan fingerprint density at radius 1 is 1.11 bits per heavy atom. The summed E-state index contributed by atoms with van der Waals surface area (Å²) in [6.45, 7) is 3.38. The highest BCUT2D eigenvalue weighted by Gasteiger charge is 2.35. The van der Waals surface area contributed by atoms with Gasteiger partial charge in [-0.15, -0.1) is 11.3 Å². The molecule has 3 saturated heterocycles. The Kier molecular flexibility index (Phi) is 4.57. The summed E-state index contributed by atoms with van der Waals surface area (Å²) in [6.07, 6.45) is 2.42. The number of rotatable bonds is 4. The smallest absolute Gasteiger partial charge is 0.261 e. The highest BCUT2D eigenvalue weighted by atomic mass is 32.1. The summed E-state index contributed by atoms with van der Waals surface area (Å²) >= 11 is 1.58. The van der Waals surface area contributed by atoms with Crippen molar-refractivity contribution in [1.29, 1.82) is 0 Å². The number of benzene rings is 2. The standard InChI is InChI=1S/C23H24N2O2S/c1-27-19-4-2-3-16(11-19)17-5-6-18-13-22(28-21(18)12-17)23(26)24-20-14-25-9-7-15(20)8-10-25/h2-6,11-13,15,20H,7-10,14H2,1H3,(H,24,26)/t20-/m0/s1. The Bertz CT molecular complexity index is 1020. The number of nitrogens with zero attached hydrogens (tertiary/aromatic N) is 1. The summed E-state index contributed by atoms with van der Waals surface area (Å²) < 4.78 is 6.48. The van der Waals surface area contributed by atoms with E-state index in [9.17, 15) is 4.79 Å². The van der Waals surface area contributed by atoms with Crippen LogP contribution in [0.1, 0.15) is 22.5 Å². The molecule has 3 aliphatic rings. The van der Waals surface area contributed by atoms with Crippen LogP contribution in [0.4, 0.5) is 0 Å². The molecule has 0 spiro atoms. The third kappa shape index (κ3) is 3.29. The topological polar surface area (TPSA) is 41.6 Å². The molecule has 1 atom stereocenters. The average molecular weight is 393 g/mol. The molecule has 2 bridgehead atoms. The first-order chi connectivity index (χ1) is 13.7. The Labute approximate surface area is 169 Å². The van der Waals surface area contributed by atoms with Crippen molar-refractivity contribution in [3.8, 4) is 16.9 Å². The largest absolute Gasteiger partial charge is 0.497 e. The molecule has 3 aliphatic heterocycles. The van der Waals surface area contributed by atoms with Crippen molar-refractivity contribution in [3.05, 3.63) is 53.4 Å². The maximum atomic E-state index is 12.9. The van der Waals surface area contributed by atoms with Gasteiger partial charge in [0.1, 0.15) is 5.75 Å². The number of ether oxygens (including phenoxy) is 1. The predicted molar refractivity (Wildman–Crippen MR) is 114 cm³/mol. The van der Waals surface area contributed by atoms with Gasteiger partial charge in [0.15, 0.2) is 0 Å². The normalized spacial score (nSPS) is 23.7. The highest BCUT2D eigenvalue weighted by Crippen LogP contribution is 2.32. The van der Waals surface area contributed by atoms with Crippen molar-refractivity contribution in [2.75, 3.05) is 26.7 Å². The fourth-order valence-electron chi connectivity index (χ4n) is 4.49. The number of hydrogen-bond donors (Lipinski definition) is 1. The van der Waals surface area contributed by atoms with Gasteiger partial charge in [0.25, 0.3) is 5.91 Å². The zero-order chi connectivity index (χ0) is 19.1. The number of carbonyl (C=O) groups is 1. The van der Waals surface area contributed by atoms with E-state index < -0.39 is 0 Å². The first-order valence-electron chi connectivity index (χ1n) is 9.91. The number of amides is 1. The number of hydrogen-bond acceptors (Lipinski definition) is 4. The Morgan fingerprint density at radius 3 is 2.68 bits per heavy atom. The monoisotopic (exact) mass is 392 g/mol. The first kappa shape index (κ1) is 17.7. The van der Waals surface area contributed by atoms with Gasteiger partial charge in [0, 0.05) is 17.3 Å². The number of methoxy groups -OCH3 is 1. The molecular formula is C23H24N2O2S. The van der Waals surface area contributed by atoms with Crippen LogP contribution in [-0.2, 0) is 0 Å². The maximum Gasteiger partial charge on any atom is 0.261 e. The van der Waals surface area contributed by atoms with Gasteiger partial charge in [0.05, 0.1) is 12.0 Å². The molecule has 0 unspecified atom stereocenters. The van der Waals surface area contributed by atoms with E-state index >= 15 is 0 Å². The Hall–Kier alpha value is -2.37. The van der Waals surface area contributed by atoms with E-state index in [4.69, 9.17) is 4.74 Å². The van der Waals surface area contributed by atoms with Crippen molar-refractivity contribution in [1.82, 2.24) is 10.2 Å². The van der Waals surface area contributed by atoms with Crippen LogP contribution in [0.2, 0.25) is 0 Å². The minimum Gasteiger partial charge on any atom is -0.497 e. The highest BCUT2D eigenvalue weighted by molar-refractivity contribution is 7.20. The molecule has 6 rings (SSSR count). The van der Waals surface area contributed by atoms with Crippen LogP contribution < -0.4 is 10.1 Å². The average Bonchev–Trinajstić information content (AvgIpc) is 3.18. The first-order valence-corrected chi connectivity index (χ1v) is 10.7. The van der Waals surface area contributed by atoms with E-state index in [1.54, 1.807) is 18.4 Å². The van der Waals surface area contributed by atoms with Crippen LogP contribution in [0.3, 0.4) is 0 Å². The second-order valence-electron chi connectivity index (χ2n) is 7.81. The van der Waals surface area contributed by atoms with Crippen molar-refractivity contribution >= 4 is 27.3 Å². The third-order valence-corrected chi connectivity index (χ3v) is 7.22. The van der Waals surface area contributed by atoms with Gasteiger partial charge in [-0.25, -0.2) is 0 Å². The summed E-state index contributed by atoms with van der Waals surface area (Å²) in [5.74, 6) is 1.56.